The fraction of sp³-hybridized carbons (Fsp3) is 0.467. The largest absolute Gasteiger partial charge is 0.416 e. The molecule has 0 saturated carbocycles. The Kier molecular flexibility index (Phi) is 5.33. The third kappa shape index (κ3) is 4.00. The SMILES string of the molecule is Fc1cccc(Cl)c1Cc1nnc(SC[C@H]2CCCCO2)o1. The molecule has 1 fully saturated rings. The molecule has 0 amide bonds. The van der Waals surface area contributed by atoms with Gasteiger partial charge in [-0.05, 0) is 31.4 Å². The monoisotopic (exact) mass is 342 g/mol. The predicted octanol–water partition coefficient (Wildman–Crippen LogP) is 4.11. The number of ether oxygens (including phenoxy) is 1. The Balaban J connectivity index is 1.59. The highest BCUT2D eigenvalue weighted by Gasteiger charge is 2.17. The van der Waals surface area contributed by atoms with Crippen LogP contribution < -0.4 is 0 Å². The Morgan fingerprint density at radius 3 is 3.00 bits per heavy atom. The lowest BCUT2D eigenvalue weighted by Crippen LogP contribution is -2.21. The van der Waals surface area contributed by atoms with Gasteiger partial charge in [0.2, 0.25) is 5.89 Å². The molecule has 7 heteroatoms. The van der Waals surface area contributed by atoms with Gasteiger partial charge in [0.15, 0.2) is 0 Å². The van der Waals surface area contributed by atoms with Gasteiger partial charge < -0.3 is 9.15 Å². The van der Waals surface area contributed by atoms with Crippen LogP contribution in [0.4, 0.5) is 4.39 Å². The van der Waals surface area contributed by atoms with Gasteiger partial charge in [-0.1, -0.05) is 29.4 Å². The molecule has 2 aromatic rings. The molecule has 22 heavy (non-hydrogen) atoms. The summed E-state index contributed by atoms with van der Waals surface area (Å²) in [5, 5.41) is 8.78. The lowest BCUT2D eigenvalue weighted by atomic mass is 10.1. The summed E-state index contributed by atoms with van der Waals surface area (Å²) in [4.78, 5) is 0. The first-order valence-corrected chi connectivity index (χ1v) is 8.58. The van der Waals surface area contributed by atoms with Crippen LogP contribution in [0, 0.1) is 5.82 Å². The summed E-state index contributed by atoms with van der Waals surface area (Å²) < 4.78 is 24.9. The van der Waals surface area contributed by atoms with Crippen LogP contribution in [0.25, 0.3) is 0 Å². The summed E-state index contributed by atoms with van der Waals surface area (Å²) in [6.07, 6.45) is 3.84. The van der Waals surface area contributed by atoms with Gasteiger partial charge in [-0.15, -0.1) is 10.2 Å². The van der Waals surface area contributed by atoms with Gasteiger partial charge in [0.25, 0.3) is 5.22 Å². The molecule has 0 unspecified atom stereocenters. The van der Waals surface area contributed by atoms with Gasteiger partial charge in [0.05, 0.1) is 12.5 Å². The maximum atomic E-state index is 13.7. The summed E-state index contributed by atoms with van der Waals surface area (Å²) >= 11 is 7.47. The molecular weight excluding hydrogens is 327 g/mol. The van der Waals surface area contributed by atoms with Crippen molar-refractivity contribution in [2.24, 2.45) is 0 Å². The molecule has 1 aliphatic heterocycles. The fourth-order valence-corrected chi connectivity index (χ4v) is 3.40. The van der Waals surface area contributed by atoms with Gasteiger partial charge in [-0.25, -0.2) is 4.39 Å². The third-order valence-corrected chi connectivity index (χ3v) is 4.81. The van der Waals surface area contributed by atoms with E-state index in [1.165, 1.54) is 24.2 Å². The second kappa shape index (κ2) is 7.44. The summed E-state index contributed by atoms with van der Waals surface area (Å²) in [6.45, 7) is 0.825. The van der Waals surface area contributed by atoms with E-state index in [0.29, 0.717) is 21.7 Å². The molecule has 1 aromatic heterocycles. The molecule has 0 bridgehead atoms. The lowest BCUT2D eigenvalue weighted by Gasteiger charge is -2.21. The molecule has 118 valence electrons. The number of hydrogen-bond acceptors (Lipinski definition) is 5. The minimum absolute atomic E-state index is 0.193. The van der Waals surface area contributed by atoms with Crippen molar-refractivity contribution in [3.8, 4) is 0 Å². The molecule has 0 N–H and O–H groups in total. The van der Waals surface area contributed by atoms with E-state index in [9.17, 15) is 4.39 Å². The zero-order valence-electron chi connectivity index (χ0n) is 11.9. The molecule has 4 nitrogen and oxygen atoms in total. The molecular formula is C15H16ClFN2O2S. The number of benzene rings is 1. The topological polar surface area (TPSA) is 48.2 Å². The highest BCUT2D eigenvalue weighted by Crippen LogP contribution is 2.25. The van der Waals surface area contributed by atoms with Gasteiger partial charge in [-0.2, -0.15) is 0 Å². The fourth-order valence-electron chi connectivity index (χ4n) is 2.32. The van der Waals surface area contributed by atoms with E-state index >= 15 is 0 Å². The molecule has 3 rings (SSSR count). The quantitative estimate of drug-likeness (QED) is 0.765. The Bertz CT molecular complexity index is 612. The molecule has 1 atom stereocenters. The van der Waals surface area contributed by atoms with E-state index in [-0.39, 0.29) is 18.3 Å². The first kappa shape index (κ1) is 15.8. The van der Waals surface area contributed by atoms with Crippen molar-refractivity contribution in [3.05, 3.63) is 40.5 Å². The third-order valence-electron chi connectivity index (χ3n) is 3.50. The van der Waals surface area contributed by atoms with E-state index in [2.05, 4.69) is 10.2 Å². The molecule has 0 aliphatic carbocycles. The Morgan fingerprint density at radius 2 is 2.23 bits per heavy atom. The van der Waals surface area contributed by atoms with Crippen LogP contribution in [0.15, 0.2) is 27.8 Å². The summed E-state index contributed by atoms with van der Waals surface area (Å²) in [7, 11) is 0. The van der Waals surface area contributed by atoms with Crippen molar-refractivity contribution in [1.29, 1.82) is 0 Å². The van der Waals surface area contributed by atoms with Gasteiger partial charge >= 0.3 is 0 Å². The van der Waals surface area contributed by atoms with Crippen LogP contribution in [-0.2, 0) is 11.2 Å². The summed E-state index contributed by atoms with van der Waals surface area (Å²) in [5.41, 5.74) is 0.375. The minimum atomic E-state index is -0.365. The van der Waals surface area contributed by atoms with Crippen molar-refractivity contribution >= 4 is 23.4 Å². The second-order valence-corrected chi connectivity index (χ2v) is 6.52. The maximum Gasteiger partial charge on any atom is 0.276 e. The van der Waals surface area contributed by atoms with Gasteiger partial charge in [0, 0.05) is 22.9 Å². The van der Waals surface area contributed by atoms with Gasteiger partial charge in [0.1, 0.15) is 5.82 Å². The highest BCUT2D eigenvalue weighted by atomic mass is 35.5. The summed E-state index contributed by atoms with van der Waals surface area (Å²) in [5.74, 6) is 0.789. The van der Waals surface area contributed by atoms with E-state index in [0.717, 1.165) is 25.2 Å². The van der Waals surface area contributed by atoms with Crippen molar-refractivity contribution in [2.75, 3.05) is 12.4 Å². The van der Waals surface area contributed by atoms with Crippen LogP contribution in [0.1, 0.15) is 30.7 Å². The van der Waals surface area contributed by atoms with Gasteiger partial charge in [-0.3, -0.25) is 0 Å². The average molecular weight is 343 g/mol. The standard InChI is InChI=1S/C15H16ClFN2O2S/c16-12-5-3-6-13(17)11(12)8-14-18-19-15(21-14)22-9-10-4-1-2-7-20-10/h3,5-6,10H,1-2,4,7-9H2/t10-/m1/s1. The number of rotatable bonds is 5. The van der Waals surface area contributed by atoms with Crippen molar-refractivity contribution in [2.45, 2.75) is 37.0 Å². The van der Waals surface area contributed by atoms with Crippen molar-refractivity contribution < 1.29 is 13.5 Å². The highest BCUT2D eigenvalue weighted by molar-refractivity contribution is 7.99. The van der Waals surface area contributed by atoms with Crippen LogP contribution in [-0.4, -0.2) is 28.7 Å². The van der Waals surface area contributed by atoms with Crippen LogP contribution in [0.5, 0.6) is 0 Å². The van der Waals surface area contributed by atoms with E-state index < -0.39 is 0 Å². The number of halogens is 2. The number of aromatic nitrogens is 2. The van der Waals surface area contributed by atoms with Crippen molar-refractivity contribution in [1.82, 2.24) is 10.2 Å². The van der Waals surface area contributed by atoms with Crippen LogP contribution >= 0.6 is 23.4 Å². The Morgan fingerprint density at radius 1 is 1.32 bits per heavy atom. The van der Waals surface area contributed by atoms with E-state index in [1.807, 2.05) is 0 Å². The Hall–Kier alpha value is -1.11. The number of thioether (sulfide) groups is 1. The average Bonchev–Trinajstić information content (AvgIpc) is 2.98. The maximum absolute atomic E-state index is 13.7. The normalized spacial score (nSPS) is 18.5. The first-order chi connectivity index (χ1) is 10.7. The zero-order valence-corrected chi connectivity index (χ0v) is 13.5. The molecule has 2 heterocycles. The van der Waals surface area contributed by atoms with E-state index in [4.69, 9.17) is 20.8 Å². The Labute approximate surface area is 137 Å². The molecule has 0 spiro atoms. The lowest BCUT2D eigenvalue weighted by molar-refractivity contribution is 0.0314. The smallest absolute Gasteiger partial charge is 0.276 e. The van der Waals surface area contributed by atoms with Crippen LogP contribution in [0.2, 0.25) is 5.02 Å². The molecule has 1 saturated heterocycles. The minimum Gasteiger partial charge on any atom is -0.416 e. The molecule has 1 aromatic carbocycles. The molecule has 0 radical (unpaired) electrons. The zero-order chi connectivity index (χ0) is 15.4. The van der Waals surface area contributed by atoms with Crippen molar-refractivity contribution in [3.63, 3.8) is 0 Å². The number of nitrogens with zero attached hydrogens (tertiary/aromatic N) is 2. The van der Waals surface area contributed by atoms with Crippen LogP contribution in [0.3, 0.4) is 0 Å². The predicted molar refractivity (Wildman–Crippen MR) is 82.8 cm³/mol. The number of hydrogen-bond donors (Lipinski definition) is 0. The second-order valence-electron chi connectivity index (χ2n) is 5.14. The summed E-state index contributed by atoms with van der Waals surface area (Å²) in [6, 6.07) is 4.58. The van der Waals surface area contributed by atoms with E-state index in [1.54, 1.807) is 12.1 Å². The molecule has 1 aliphatic rings. The first-order valence-electron chi connectivity index (χ1n) is 7.22.